The second kappa shape index (κ2) is 7.19. The molecule has 5 rings (SSSR count). The number of para-hydroxylation sites is 1. The lowest BCUT2D eigenvalue weighted by molar-refractivity contribution is 0.0989. The Labute approximate surface area is 174 Å². The molecular weight excluding hydrogens is 374 g/mol. The highest BCUT2D eigenvalue weighted by Crippen LogP contribution is 2.45. The number of fused-ring (bicyclic) bond motifs is 1. The van der Waals surface area contributed by atoms with Crippen molar-refractivity contribution in [1.82, 2.24) is 10.2 Å². The van der Waals surface area contributed by atoms with Crippen LogP contribution in [0.3, 0.4) is 0 Å². The van der Waals surface area contributed by atoms with E-state index in [0.29, 0.717) is 5.69 Å². The number of amides is 1. The zero-order valence-corrected chi connectivity index (χ0v) is 16.8. The van der Waals surface area contributed by atoms with E-state index in [0.717, 1.165) is 33.8 Å². The second-order valence-electron chi connectivity index (χ2n) is 7.41. The number of anilines is 1. The Morgan fingerprint density at radius 1 is 0.933 bits per heavy atom. The van der Waals surface area contributed by atoms with Crippen LogP contribution in [0.1, 0.15) is 33.2 Å². The zero-order valence-electron chi connectivity index (χ0n) is 16.8. The number of benzene rings is 3. The maximum absolute atomic E-state index is 13.4. The van der Waals surface area contributed by atoms with Crippen LogP contribution in [0.2, 0.25) is 0 Å². The molecule has 1 aromatic heterocycles. The number of aromatic nitrogens is 2. The smallest absolute Gasteiger partial charge is 0.277 e. The topological polar surface area (TPSA) is 58.2 Å². The summed E-state index contributed by atoms with van der Waals surface area (Å²) in [5.41, 5.74) is 6.26. The van der Waals surface area contributed by atoms with Crippen LogP contribution in [0.15, 0.2) is 78.9 Å². The third-order valence-corrected chi connectivity index (χ3v) is 5.56. The van der Waals surface area contributed by atoms with Gasteiger partial charge in [-0.2, -0.15) is 5.10 Å². The summed E-state index contributed by atoms with van der Waals surface area (Å²) in [7, 11) is 1.65. The first kappa shape index (κ1) is 18.2. The lowest BCUT2D eigenvalue weighted by Gasteiger charge is -2.26. The minimum Gasteiger partial charge on any atom is -0.497 e. The van der Waals surface area contributed by atoms with Crippen molar-refractivity contribution in [3.63, 3.8) is 0 Å². The molecule has 1 atom stereocenters. The molecule has 5 nitrogen and oxygen atoms in total. The summed E-state index contributed by atoms with van der Waals surface area (Å²) in [4.78, 5) is 15.3. The lowest BCUT2D eigenvalue weighted by Crippen LogP contribution is -2.29. The molecule has 0 aliphatic carbocycles. The van der Waals surface area contributed by atoms with Crippen LogP contribution in [0, 0.1) is 6.92 Å². The van der Waals surface area contributed by atoms with Gasteiger partial charge >= 0.3 is 0 Å². The van der Waals surface area contributed by atoms with E-state index in [4.69, 9.17) is 4.74 Å². The molecular formula is C25H21N3O2. The molecule has 0 bridgehead atoms. The zero-order chi connectivity index (χ0) is 20.7. The molecule has 0 spiro atoms. The number of carbonyl (C=O) groups is 1. The predicted octanol–water partition coefficient (Wildman–Crippen LogP) is 5.14. The first-order valence-corrected chi connectivity index (χ1v) is 9.85. The molecule has 5 heteroatoms. The van der Waals surface area contributed by atoms with Crippen LogP contribution >= 0.6 is 0 Å². The number of nitrogens with one attached hydrogen (secondary N) is 1. The van der Waals surface area contributed by atoms with E-state index in [9.17, 15) is 4.79 Å². The molecule has 1 N–H and O–H groups in total. The highest BCUT2D eigenvalue weighted by atomic mass is 16.5. The fraction of sp³-hybridized carbons (Fsp3) is 0.120. The van der Waals surface area contributed by atoms with Crippen molar-refractivity contribution in [2.24, 2.45) is 0 Å². The average molecular weight is 395 g/mol. The van der Waals surface area contributed by atoms with Gasteiger partial charge in [0, 0.05) is 16.8 Å². The highest BCUT2D eigenvalue weighted by molar-refractivity contribution is 6.11. The van der Waals surface area contributed by atoms with Crippen molar-refractivity contribution in [3.05, 3.63) is 101 Å². The number of ether oxygens (including phenoxy) is 1. The van der Waals surface area contributed by atoms with Crippen LogP contribution in [-0.2, 0) is 0 Å². The Kier molecular flexibility index (Phi) is 4.36. The standard InChI is InChI=1S/C25H21N3O2/c1-16-8-10-17(11-9-16)22-21-23(27-26-22)25(29)28(19-6-4-3-5-7-19)24(21)18-12-14-20(30-2)15-13-18/h3-15,24H,1-2H3,(H,26,27)/t24-/m0/s1. The van der Waals surface area contributed by atoms with Crippen molar-refractivity contribution < 1.29 is 9.53 Å². The molecule has 3 aromatic carbocycles. The van der Waals surface area contributed by atoms with Crippen LogP contribution in [0.4, 0.5) is 5.69 Å². The van der Waals surface area contributed by atoms with Gasteiger partial charge in [0.1, 0.15) is 11.4 Å². The molecule has 0 unspecified atom stereocenters. The Morgan fingerprint density at radius 2 is 1.63 bits per heavy atom. The maximum atomic E-state index is 13.4. The number of methoxy groups -OCH3 is 1. The van der Waals surface area contributed by atoms with Gasteiger partial charge in [-0.3, -0.25) is 14.8 Å². The van der Waals surface area contributed by atoms with Crippen molar-refractivity contribution in [3.8, 4) is 17.0 Å². The molecule has 0 fully saturated rings. The van der Waals surface area contributed by atoms with E-state index in [2.05, 4.69) is 29.3 Å². The Bertz CT molecular complexity index is 1200. The minimum absolute atomic E-state index is 0.0807. The van der Waals surface area contributed by atoms with E-state index in [-0.39, 0.29) is 11.9 Å². The summed E-state index contributed by atoms with van der Waals surface area (Å²) >= 11 is 0. The largest absolute Gasteiger partial charge is 0.497 e. The number of hydrogen-bond acceptors (Lipinski definition) is 3. The van der Waals surface area contributed by atoms with E-state index < -0.39 is 0 Å². The Balaban J connectivity index is 1.70. The van der Waals surface area contributed by atoms with Crippen LogP contribution in [-0.4, -0.2) is 23.2 Å². The summed E-state index contributed by atoms with van der Waals surface area (Å²) in [6.07, 6.45) is 0. The van der Waals surface area contributed by atoms with Crippen LogP contribution < -0.4 is 9.64 Å². The first-order chi connectivity index (χ1) is 14.7. The van der Waals surface area contributed by atoms with Gasteiger partial charge in [0.25, 0.3) is 5.91 Å². The summed E-state index contributed by atoms with van der Waals surface area (Å²) in [5.74, 6) is 0.698. The Morgan fingerprint density at radius 3 is 2.30 bits per heavy atom. The number of rotatable bonds is 4. The fourth-order valence-electron chi connectivity index (χ4n) is 4.04. The molecule has 148 valence electrons. The van der Waals surface area contributed by atoms with E-state index in [1.807, 2.05) is 71.6 Å². The van der Waals surface area contributed by atoms with Crippen molar-refractivity contribution in [2.45, 2.75) is 13.0 Å². The van der Waals surface area contributed by atoms with E-state index in [1.54, 1.807) is 7.11 Å². The van der Waals surface area contributed by atoms with E-state index in [1.165, 1.54) is 5.56 Å². The van der Waals surface area contributed by atoms with Gasteiger partial charge < -0.3 is 4.74 Å². The van der Waals surface area contributed by atoms with Gasteiger partial charge in [0.15, 0.2) is 0 Å². The minimum atomic E-state index is -0.282. The third kappa shape index (κ3) is 2.87. The van der Waals surface area contributed by atoms with Gasteiger partial charge in [-0.25, -0.2) is 0 Å². The predicted molar refractivity (Wildman–Crippen MR) is 117 cm³/mol. The van der Waals surface area contributed by atoms with Gasteiger partial charge in [0.05, 0.1) is 18.8 Å². The number of H-pyrrole nitrogens is 1. The highest BCUT2D eigenvalue weighted by Gasteiger charge is 2.43. The maximum Gasteiger partial charge on any atom is 0.277 e. The van der Waals surface area contributed by atoms with Crippen LogP contribution in [0.5, 0.6) is 5.75 Å². The quantitative estimate of drug-likeness (QED) is 0.520. The van der Waals surface area contributed by atoms with Crippen molar-refractivity contribution in [2.75, 3.05) is 12.0 Å². The number of nitrogens with zero attached hydrogens (tertiary/aromatic N) is 2. The molecule has 2 heterocycles. The van der Waals surface area contributed by atoms with Gasteiger partial charge in [-0.1, -0.05) is 60.2 Å². The van der Waals surface area contributed by atoms with E-state index >= 15 is 0 Å². The first-order valence-electron chi connectivity index (χ1n) is 9.85. The second-order valence-corrected chi connectivity index (χ2v) is 7.41. The molecule has 1 aliphatic heterocycles. The number of aromatic amines is 1. The SMILES string of the molecule is COc1ccc([C@H]2c3c(-c4ccc(C)cc4)n[nH]c3C(=O)N2c2ccccc2)cc1. The molecule has 30 heavy (non-hydrogen) atoms. The third-order valence-electron chi connectivity index (χ3n) is 5.56. The Hall–Kier alpha value is -3.86. The average Bonchev–Trinajstić information content (AvgIpc) is 3.34. The lowest BCUT2D eigenvalue weighted by atomic mass is 9.95. The fourth-order valence-corrected chi connectivity index (χ4v) is 4.04. The number of carbonyl (C=O) groups excluding carboxylic acids is 1. The summed E-state index contributed by atoms with van der Waals surface area (Å²) in [6.45, 7) is 2.06. The van der Waals surface area contributed by atoms with Crippen LogP contribution in [0.25, 0.3) is 11.3 Å². The van der Waals surface area contributed by atoms with Gasteiger partial charge in [-0.05, 0) is 36.8 Å². The monoisotopic (exact) mass is 395 g/mol. The number of aryl methyl sites for hydroxylation is 1. The molecule has 0 saturated heterocycles. The summed E-state index contributed by atoms with van der Waals surface area (Å²) in [5, 5.41) is 7.53. The summed E-state index contributed by atoms with van der Waals surface area (Å²) in [6, 6.07) is 25.5. The normalized spacial score (nSPS) is 15.3. The molecule has 0 saturated carbocycles. The summed E-state index contributed by atoms with van der Waals surface area (Å²) < 4.78 is 5.32. The molecule has 0 radical (unpaired) electrons. The van der Waals surface area contributed by atoms with Gasteiger partial charge in [-0.15, -0.1) is 0 Å². The van der Waals surface area contributed by atoms with Crippen molar-refractivity contribution >= 4 is 11.6 Å². The van der Waals surface area contributed by atoms with Gasteiger partial charge in [0.2, 0.25) is 0 Å². The molecule has 4 aromatic rings. The van der Waals surface area contributed by atoms with Crippen molar-refractivity contribution in [1.29, 1.82) is 0 Å². The molecule has 1 amide bonds. The molecule has 1 aliphatic rings. The number of hydrogen-bond donors (Lipinski definition) is 1.